The Morgan fingerprint density at radius 1 is 1.28 bits per heavy atom. The highest BCUT2D eigenvalue weighted by atomic mass is 16.7. The smallest absolute Gasteiger partial charge is 0.308 e. The summed E-state index contributed by atoms with van der Waals surface area (Å²) in [6.45, 7) is 5.28. The molecular formula is C20H23N5O7. The van der Waals surface area contributed by atoms with E-state index in [-0.39, 0.29) is 18.1 Å². The average molecular weight is 445 g/mol. The van der Waals surface area contributed by atoms with Crippen molar-refractivity contribution in [2.24, 2.45) is 5.92 Å². The fourth-order valence-electron chi connectivity index (χ4n) is 3.50. The van der Waals surface area contributed by atoms with E-state index in [4.69, 9.17) is 24.7 Å². The van der Waals surface area contributed by atoms with E-state index in [0.717, 1.165) is 13.8 Å². The van der Waals surface area contributed by atoms with Crippen LogP contribution in [0.15, 0.2) is 18.5 Å². The number of carbonyl (C=O) groups excluding carboxylic acids is 3. The lowest BCUT2D eigenvalue weighted by Crippen LogP contribution is -2.45. The van der Waals surface area contributed by atoms with Crippen LogP contribution in [0.3, 0.4) is 0 Å². The zero-order valence-corrected chi connectivity index (χ0v) is 18.0. The molecule has 4 atom stereocenters. The molecule has 1 aliphatic heterocycles. The lowest BCUT2D eigenvalue weighted by atomic mass is 9.92. The van der Waals surface area contributed by atoms with E-state index >= 15 is 0 Å². The molecule has 2 aromatic rings. The van der Waals surface area contributed by atoms with Crippen LogP contribution >= 0.6 is 0 Å². The minimum atomic E-state index is -1.95. The first-order valence-electron chi connectivity index (χ1n) is 9.79. The van der Waals surface area contributed by atoms with E-state index in [1.807, 2.05) is 6.07 Å². The van der Waals surface area contributed by atoms with E-state index in [0.29, 0.717) is 5.52 Å². The summed E-state index contributed by atoms with van der Waals surface area (Å²) in [6.07, 6.45) is -2.53. The van der Waals surface area contributed by atoms with E-state index < -0.39 is 47.7 Å². The number of nitrogens with two attached hydrogens (primary N) is 1. The Labute approximate surface area is 183 Å². The van der Waals surface area contributed by atoms with Crippen molar-refractivity contribution in [2.45, 2.75) is 51.6 Å². The van der Waals surface area contributed by atoms with Crippen LogP contribution in [0.2, 0.25) is 0 Å². The predicted molar refractivity (Wildman–Crippen MR) is 106 cm³/mol. The summed E-state index contributed by atoms with van der Waals surface area (Å²) in [6, 6.07) is 5.13. The van der Waals surface area contributed by atoms with Gasteiger partial charge in [0.1, 0.15) is 30.6 Å². The van der Waals surface area contributed by atoms with Crippen molar-refractivity contribution in [1.82, 2.24) is 14.6 Å². The quantitative estimate of drug-likeness (QED) is 0.485. The number of nitriles is 1. The third kappa shape index (κ3) is 4.06. The number of nitrogens with zero attached hydrogens (tertiary/aromatic N) is 4. The Balaban J connectivity index is 2.12. The van der Waals surface area contributed by atoms with Gasteiger partial charge in [-0.25, -0.2) is 9.50 Å². The van der Waals surface area contributed by atoms with Crippen LogP contribution in [0.25, 0.3) is 5.52 Å². The second-order valence-corrected chi connectivity index (χ2v) is 7.55. The van der Waals surface area contributed by atoms with Gasteiger partial charge in [-0.15, -0.1) is 0 Å². The maximum atomic E-state index is 12.0. The number of aromatic nitrogens is 3. The van der Waals surface area contributed by atoms with E-state index in [9.17, 15) is 19.6 Å². The highest BCUT2D eigenvalue weighted by molar-refractivity contribution is 5.71. The third-order valence-corrected chi connectivity index (χ3v) is 4.89. The maximum absolute atomic E-state index is 12.0. The van der Waals surface area contributed by atoms with Gasteiger partial charge < -0.3 is 24.7 Å². The first-order valence-corrected chi connectivity index (χ1v) is 9.79. The molecule has 0 radical (unpaired) electrons. The lowest BCUT2D eigenvalue weighted by Gasteiger charge is -2.28. The van der Waals surface area contributed by atoms with Crippen molar-refractivity contribution in [1.29, 1.82) is 5.26 Å². The molecule has 0 unspecified atom stereocenters. The molecule has 12 heteroatoms. The highest BCUT2D eigenvalue weighted by Gasteiger charge is 2.62. The summed E-state index contributed by atoms with van der Waals surface area (Å²) >= 11 is 0. The van der Waals surface area contributed by atoms with Crippen molar-refractivity contribution in [3.05, 3.63) is 24.2 Å². The summed E-state index contributed by atoms with van der Waals surface area (Å²) < 4.78 is 23.4. The summed E-state index contributed by atoms with van der Waals surface area (Å²) in [5.74, 6) is -2.20. The van der Waals surface area contributed by atoms with Gasteiger partial charge in [-0.3, -0.25) is 14.4 Å². The molecule has 0 bridgehead atoms. The molecule has 32 heavy (non-hydrogen) atoms. The van der Waals surface area contributed by atoms with Gasteiger partial charge in [-0.1, -0.05) is 13.8 Å². The van der Waals surface area contributed by atoms with Crippen LogP contribution in [0.4, 0.5) is 5.82 Å². The standard InChI is InChI=1S/C20H23N5O7/c1-10(2)19(28)29-7-14-16(30-11(3)26)17(31-12(4)27)20(8-21,32-14)15-6-5-13-18(22)23-9-24-25(13)15/h5-6,9-10,14,16-17H,7H2,1-4H3,(H2,22,23,24)/t14-,16-,17-,20+/m1/s1. The number of hydrogen-bond donors (Lipinski definition) is 1. The number of carbonyl (C=O) groups is 3. The molecule has 1 fully saturated rings. The number of anilines is 1. The number of esters is 3. The molecule has 1 aliphatic rings. The number of ether oxygens (including phenoxy) is 4. The molecule has 0 saturated carbocycles. The van der Waals surface area contributed by atoms with Crippen molar-refractivity contribution >= 4 is 29.2 Å². The Bertz CT molecular complexity index is 1090. The molecule has 0 spiro atoms. The molecule has 3 heterocycles. The van der Waals surface area contributed by atoms with Gasteiger partial charge in [0.15, 0.2) is 18.0 Å². The van der Waals surface area contributed by atoms with Gasteiger partial charge >= 0.3 is 17.9 Å². The molecule has 0 amide bonds. The molecule has 0 aromatic carbocycles. The van der Waals surface area contributed by atoms with E-state index in [1.165, 1.54) is 16.9 Å². The molecule has 12 nitrogen and oxygen atoms in total. The van der Waals surface area contributed by atoms with Crippen molar-refractivity contribution in [2.75, 3.05) is 12.3 Å². The van der Waals surface area contributed by atoms with Crippen LogP contribution in [-0.2, 0) is 38.9 Å². The van der Waals surface area contributed by atoms with Crippen LogP contribution in [0.5, 0.6) is 0 Å². The van der Waals surface area contributed by atoms with Gasteiger partial charge in [0.25, 0.3) is 0 Å². The molecule has 170 valence electrons. The van der Waals surface area contributed by atoms with Crippen LogP contribution in [0.1, 0.15) is 33.4 Å². The fraction of sp³-hybridized carbons (Fsp3) is 0.500. The summed E-state index contributed by atoms with van der Waals surface area (Å²) in [4.78, 5) is 39.6. The number of fused-ring (bicyclic) bond motifs is 1. The van der Waals surface area contributed by atoms with E-state index in [1.54, 1.807) is 19.9 Å². The summed E-state index contributed by atoms with van der Waals surface area (Å²) in [7, 11) is 0. The Morgan fingerprint density at radius 2 is 1.97 bits per heavy atom. The van der Waals surface area contributed by atoms with Gasteiger partial charge in [0.05, 0.1) is 11.6 Å². The first-order chi connectivity index (χ1) is 15.1. The lowest BCUT2D eigenvalue weighted by molar-refractivity contribution is -0.167. The molecule has 3 rings (SSSR count). The largest absolute Gasteiger partial charge is 0.463 e. The summed E-state index contributed by atoms with van der Waals surface area (Å²) in [5.41, 5.74) is 4.50. The van der Waals surface area contributed by atoms with E-state index in [2.05, 4.69) is 10.1 Å². The monoisotopic (exact) mass is 445 g/mol. The topological polar surface area (TPSA) is 168 Å². The van der Waals surface area contributed by atoms with Crippen LogP contribution in [0, 0.1) is 17.2 Å². The van der Waals surface area contributed by atoms with Crippen LogP contribution in [-0.4, -0.2) is 57.4 Å². The van der Waals surface area contributed by atoms with Crippen molar-refractivity contribution in [3.63, 3.8) is 0 Å². The highest BCUT2D eigenvalue weighted by Crippen LogP contribution is 2.43. The Hall–Kier alpha value is -3.72. The Morgan fingerprint density at radius 3 is 2.56 bits per heavy atom. The minimum Gasteiger partial charge on any atom is -0.463 e. The predicted octanol–water partition coefficient (Wildman–Crippen LogP) is 0.492. The van der Waals surface area contributed by atoms with Gasteiger partial charge in [-0.05, 0) is 12.1 Å². The molecular weight excluding hydrogens is 422 g/mol. The second kappa shape index (κ2) is 8.80. The van der Waals surface area contributed by atoms with Gasteiger partial charge in [-0.2, -0.15) is 10.4 Å². The summed E-state index contributed by atoms with van der Waals surface area (Å²) in [5, 5.41) is 14.4. The average Bonchev–Trinajstić information content (AvgIpc) is 3.27. The molecule has 1 saturated heterocycles. The van der Waals surface area contributed by atoms with Crippen molar-refractivity contribution in [3.8, 4) is 6.07 Å². The fourth-order valence-corrected chi connectivity index (χ4v) is 3.50. The molecule has 0 aliphatic carbocycles. The number of nitrogen functional groups attached to an aromatic ring is 1. The maximum Gasteiger partial charge on any atom is 0.308 e. The number of hydrogen-bond acceptors (Lipinski definition) is 11. The SMILES string of the molecule is CC(=O)O[C@H]1[C@@H](OC(C)=O)[C@](C#N)(c2ccc3c(N)ncnn23)O[C@@H]1COC(=O)C(C)C. The first kappa shape index (κ1) is 23.0. The number of rotatable bonds is 6. The Kier molecular flexibility index (Phi) is 6.31. The second-order valence-electron chi connectivity index (χ2n) is 7.55. The normalized spacial score (nSPS) is 24.8. The zero-order chi connectivity index (χ0) is 23.6. The van der Waals surface area contributed by atoms with Gasteiger partial charge in [0.2, 0.25) is 5.60 Å². The molecule has 2 aromatic heterocycles. The zero-order valence-electron chi connectivity index (χ0n) is 18.0. The minimum absolute atomic E-state index is 0.153. The van der Waals surface area contributed by atoms with Crippen molar-refractivity contribution < 1.29 is 33.3 Å². The third-order valence-electron chi connectivity index (χ3n) is 4.89. The van der Waals surface area contributed by atoms with Crippen LogP contribution < -0.4 is 5.73 Å². The van der Waals surface area contributed by atoms with Gasteiger partial charge in [0, 0.05) is 13.8 Å². The molecule has 2 N–H and O–H groups in total.